The lowest BCUT2D eigenvalue weighted by Crippen LogP contribution is -2.26. The molecule has 0 bridgehead atoms. The SMILES string of the molecule is CCCCN(CCCC)c1ccc(C(C)NCC)nc1. The summed E-state index contributed by atoms with van der Waals surface area (Å²) in [7, 11) is 0. The maximum Gasteiger partial charge on any atom is 0.0572 e. The van der Waals surface area contributed by atoms with Gasteiger partial charge in [0.25, 0.3) is 0 Å². The third-order valence-corrected chi connectivity index (χ3v) is 3.65. The number of nitrogens with one attached hydrogen (secondary N) is 1. The molecular formula is C17H31N3. The largest absolute Gasteiger partial charge is 0.370 e. The number of hydrogen-bond donors (Lipinski definition) is 1. The van der Waals surface area contributed by atoms with Crippen LogP contribution in [0.3, 0.4) is 0 Å². The molecule has 0 saturated carbocycles. The quantitative estimate of drug-likeness (QED) is 0.696. The van der Waals surface area contributed by atoms with Crippen LogP contribution in [0.25, 0.3) is 0 Å². The van der Waals surface area contributed by atoms with E-state index < -0.39 is 0 Å². The normalized spacial score (nSPS) is 12.4. The van der Waals surface area contributed by atoms with Crippen LogP contribution in [0.2, 0.25) is 0 Å². The highest BCUT2D eigenvalue weighted by atomic mass is 15.1. The second-order valence-electron chi connectivity index (χ2n) is 5.41. The van der Waals surface area contributed by atoms with E-state index >= 15 is 0 Å². The maximum atomic E-state index is 4.63. The summed E-state index contributed by atoms with van der Waals surface area (Å²) in [5.74, 6) is 0. The molecule has 1 aromatic heterocycles. The first-order valence-corrected chi connectivity index (χ1v) is 8.17. The fourth-order valence-electron chi connectivity index (χ4n) is 2.32. The van der Waals surface area contributed by atoms with E-state index in [1.54, 1.807) is 0 Å². The molecule has 1 atom stereocenters. The van der Waals surface area contributed by atoms with Gasteiger partial charge in [-0.25, -0.2) is 0 Å². The molecule has 0 saturated heterocycles. The van der Waals surface area contributed by atoms with E-state index in [9.17, 15) is 0 Å². The summed E-state index contributed by atoms with van der Waals surface area (Å²) in [4.78, 5) is 7.10. The Hall–Kier alpha value is -1.09. The highest BCUT2D eigenvalue weighted by molar-refractivity contribution is 5.44. The molecule has 1 unspecified atom stereocenters. The van der Waals surface area contributed by atoms with Crippen LogP contribution in [0.1, 0.15) is 65.1 Å². The summed E-state index contributed by atoms with van der Waals surface area (Å²) >= 11 is 0. The lowest BCUT2D eigenvalue weighted by Gasteiger charge is -2.25. The summed E-state index contributed by atoms with van der Waals surface area (Å²) in [5, 5.41) is 3.40. The van der Waals surface area contributed by atoms with Crippen LogP contribution >= 0.6 is 0 Å². The highest BCUT2D eigenvalue weighted by Crippen LogP contribution is 2.17. The molecule has 1 rings (SSSR count). The Morgan fingerprint density at radius 3 is 2.20 bits per heavy atom. The van der Waals surface area contributed by atoms with Crippen molar-refractivity contribution in [1.29, 1.82) is 0 Å². The molecule has 1 heterocycles. The molecular weight excluding hydrogens is 246 g/mol. The van der Waals surface area contributed by atoms with Gasteiger partial charge in [-0.2, -0.15) is 0 Å². The van der Waals surface area contributed by atoms with Gasteiger partial charge >= 0.3 is 0 Å². The Balaban J connectivity index is 2.70. The van der Waals surface area contributed by atoms with Crippen molar-refractivity contribution in [2.75, 3.05) is 24.5 Å². The van der Waals surface area contributed by atoms with E-state index in [4.69, 9.17) is 0 Å². The van der Waals surface area contributed by atoms with E-state index in [0.717, 1.165) is 25.3 Å². The average Bonchev–Trinajstić information content (AvgIpc) is 2.48. The molecule has 0 aromatic carbocycles. The molecule has 0 amide bonds. The van der Waals surface area contributed by atoms with Crippen molar-refractivity contribution in [1.82, 2.24) is 10.3 Å². The van der Waals surface area contributed by atoms with Crippen LogP contribution in [-0.4, -0.2) is 24.6 Å². The molecule has 0 aliphatic rings. The molecule has 1 N–H and O–H groups in total. The second kappa shape index (κ2) is 9.76. The van der Waals surface area contributed by atoms with Crippen molar-refractivity contribution in [3.8, 4) is 0 Å². The molecule has 114 valence electrons. The second-order valence-corrected chi connectivity index (χ2v) is 5.41. The van der Waals surface area contributed by atoms with Crippen LogP contribution in [-0.2, 0) is 0 Å². The lowest BCUT2D eigenvalue weighted by molar-refractivity contribution is 0.583. The average molecular weight is 277 g/mol. The Morgan fingerprint density at radius 2 is 1.75 bits per heavy atom. The van der Waals surface area contributed by atoms with Crippen molar-refractivity contribution >= 4 is 5.69 Å². The van der Waals surface area contributed by atoms with Gasteiger partial charge in [0.15, 0.2) is 0 Å². The molecule has 0 radical (unpaired) electrons. The summed E-state index contributed by atoms with van der Waals surface area (Å²) in [6, 6.07) is 4.71. The first-order chi connectivity index (χ1) is 9.72. The Morgan fingerprint density at radius 1 is 1.10 bits per heavy atom. The Kier molecular flexibility index (Phi) is 8.28. The predicted molar refractivity (Wildman–Crippen MR) is 88.4 cm³/mol. The van der Waals surface area contributed by atoms with Gasteiger partial charge in [-0.15, -0.1) is 0 Å². The van der Waals surface area contributed by atoms with E-state index in [0.29, 0.717) is 6.04 Å². The van der Waals surface area contributed by atoms with E-state index in [1.165, 1.54) is 31.4 Å². The van der Waals surface area contributed by atoms with Crippen LogP contribution in [0.4, 0.5) is 5.69 Å². The molecule has 0 aliphatic heterocycles. The van der Waals surface area contributed by atoms with Gasteiger partial charge in [-0.1, -0.05) is 33.6 Å². The van der Waals surface area contributed by atoms with Gasteiger partial charge in [0.05, 0.1) is 17.6 Å². The van der Waals surface area contributed by atoms with Crippen molar-refractivity contribution in [3.63, 3.8) is 0 Å². The number of rotatable bonds is 10. The smallest absolute Gasteiger partial charge is 0.0572 e. The van der Waals surface area contributed by atoms with Crippen molar-refractivity contribution in [3.05, 3.63) is 24.0 Å². The zero-order valence-electron chi connectivity index (χ0n) is 13.7. The zero-order valence-corrected chi connectivity index (χ0v) is 13.7. The molecule has 0 fully saturated rings. The number of unbranched alkanes of at least 4 members (excludes halogenated alkanes) is 2. The number of anilines is 1. The van der Waals surface area contributed by atoms with E-state index in [2.05, 4.69) is 55.0 Å². The number of pyridine rings is 1. The third-order valence-electron chi connectivity index (χ3n) is 3.65. The topological polar surface area (TPSA) is 28.2 Å². The first-order valence-electron chi connectivity index (χ1n) is 8.17. The molecule has 3 nitrogen and oxygen atoms in total. The first kappa shape index (κ1) is 17.0. The molecule has 0 aliphatic carbocycles. The minimum Gasteiger partial charge on any atom is -0.370 e. The highest BCUT2D eigenvalue weighted by Gasteiger charge is 2.08. The van der Waals surface area contributed by atoms with E-state index in [1.807, 2.05) is 6.20 Å². The number of aromatic nitrogens is 1. The van der Waals surface area contributed by atoms with Gasteiger partial charge in [0.2, 0.25) is 0 Å². The van der Waals surface area contributed by atoms with Gasteiger partial charge in [0, 0.05) is 19.1 Å². The fourth-order valence-corrected chi connectivity index (χ4v) is 2.32. The molecule has 0 spiro atoms. The summed E-state index contributed by atoms with van der Waals surface area (Å²) < 4.78 is 0. The molecule has 20 heavy (non-hydrogen) atoms. The Labute approximate surface area is 124 Å². The summed E-state index contributed by atoms with van der Waals surface area (Å²) in [5.41, 5.74) is 2.39. The molecule has 3 heteroatoms. The summed E-state index contributed by atoms with van der Waals surface area (Å²) in [6.45, 7) is 12.0. The van der Waals surface area contributed by atoms with Crippen LogP contribution in [0.5, 0.6) is 0 Å². The van der Waals surface area contributed by atoms with Gasteiger partial charge in [-0.3, -0.25) is 4.98 Å². The number of hydrogen-bond acceptors (Lipinski definition) is 3. The lowest BCUT2D eigenvalue weighted by atomic mass is 10.2. The monoisotopic (exact) mass is 277 g/mol. The zero-order chi connectivity index (χ0) is 14.8. The van der Waals surface area contributed by atoms with E-state index in [-0.39, 0.29) is 0 Å². The van der Waals surface area contributed by atoms with Crippen LogP contribution < -0.4 is 10.2 Å². The number of nitrogens with zero attached hydrogens (tertiary/aromatic N) is 2. The van der Waals surface area contributed by atoms with Gasteiger partial charge in [0.1, 0.15) is 0 Å². The van der Waals surface area contributed by atoms with Crippen molar-refractivity contribution < 1.29 is 0 Å². The van der Waals surface area contributed by atoms with Crippen molar-refractivity contribution in [2.24, 2.45) is 0 Å². The maximum absolute atomic E-state index is 4.63. The standard InChI is InChI=1S/C17H31N3/c1-5-8-12-20(13-9-6-2)16-10-11-17(19-14-16)15(4)18-7-3/h10-11,14-15,18H,5-9,12-13H2,1-4H3. The van der Waals surface area contributed by atoms with Crippen LogP contribution in [0, 0.1) is 0 Å². The fraction of sp³-hybridized carbons (Fsp3) is 0.706. The Bertz CT molecular complexity index is 340. The predicted octanol–water partition coefficient (Wildman–Crippen LogP) is 4.16. The minimum atomic E-state index is 0.328. The minimum absolute atomic E-state index is 0.328. The summed E-state index contributed by atoms with van der Waals surface area (Å²) in [6.07, 6.45) is 7.02. The van der Waals surface area contributed by atoms with Crippen LogP contribution in [0.15, 0.2) is 18.3 Å². The van der Waals surface area contributed by atoms with Gasteiger partial charge in [-0.05, 0) is 38.4 Å². The van der Waals surface area contributed by atoms with Crippen molar-refractivity contribution in [2.45, 2.75) is 59.4 Å². The third kappa shape index (κ3) is 5.49. The van der Waals surface area contributed by atoms with Gasteiger partial charge < -0.3 is 10.2 Å². The molecule has 1 aromatic rings.